The van der Waals surface area contributed by atoms with E-state index in [-0.39, 0.29) is 17.2 Å². The molecule has 2 unspecified atom stereocenters. The molecule has 2 heterocycles. The van der Waals surface area contributed by atoms with Gasteiger partial charge in [-0.25, -0.2) is 4.39 Å². The van der Waals surface area contributed by atoms with Crippen LogP contribution >= 0.6 is 0 Å². The molecule has 0 aromatic heterocycles. The monoisotopic (exact) mass is 292 g/mol. The van der Waals surface area contributed by atoms with Crippen LogP contribution in [-0.4, -0.2) is 41.6 Å². The van der Waals surface area contributed by atoms with Gasteiger partial charge in [0.2, 0.25) is 0 Å². The van der Waals surface area contributed by atoms with Crippen molar-refractivity contribution in [3.63, 3.8) is 0 Å². The Morgan fingerprint density at radius 1 is 1.33 bits per heavy atom. The third kappa shape index (κ3) is 3.02. The van der Waals surface area contributed by atoms with Crippen LogP contribution in [0.3, 0.4) is 0 Å². The minimum absolute atomic E-state index is 0.0489. The molecular weight excluding hydrogens is 271 g/mol. The smallest absolute Gasteiger partial charge is 0.256 e. The van der Waals surface area contributed by atoms with E-state index in [0.29, 0.717) is 25.0 Å². The van der Waals surface area contributed by atoms with Gasteiger partial charge in [0.05, 0.1) is 5.56 Å². The van der Waals surface area contributed by atoms with Gasteiger partial charge in [-0.05, 0) is 50.3 Å². The number of hydrogen-bond acceptors (Lipinski definition) is 3. The lowest BCUT2D eigenvalue weighted by molar-refractivity contribution is 0.0646. The molecule has 0 saturated carbocycles. The van der Waals surface area contributed by atoms with Gasteiger partial charge in [-0.15, -0.1) is 0 Å². The fourth-order valence-electron chi connectivity index (χ4n) is 3.48. The number of nitrogens with zero attached hydrogens (tertiary/aromatic N) is 1. The van der Waals surface area contributed by atoms with E-state index < -0.39 is 5.82 Å². The molecule has 1 aromatic rings. The standard InChI is InChI=1S/C16H21FN2O2/c17-14-9-12(20)5-6-13(14)16(21)19-8-2-3-11(10-19)15-4-1-7-18-15/h5-6,9,11,15,18,20H,1-4,7-8,10H2. The Kier molecular flexibility index (Phi) is 4.10. The Hall–Kier alpha value is -1.62. The first-order valence-electron chi connectivity index (χ1n) is 7.66. The molecule has 0 bridgehead atoms. The van der Waals surface area contributed by atoms with Crippen LogP contribution in [0.15, 0.2) is 18.2 Å². The molecule has 2 atom stereocenters. The van der Waals surface area contributed by atoms with Crippen LogP contribution in [0.5, 0.6) is 5.75 Å². The van der Waals surface area contributed by atoms with Gasteiger partial charge in [0, 0.05) is 25.2 Å². The summed E-state index contributed by atoms with van der Waals surface area (Å²) in [6, 6.07) is 4.21. The summed E-state index contributed by atoms with van der Waals surface area (Å²) in [4.78, 5) is 14.2. The number of carbonyl (C=O) groups is 1. The molecular formula is C16H21FN2O2. The number of hydrogen-bond donors (Lipinski definition) is 2. The summed E-state index contributed by atoms with van der Waals surface area (Å²) < 4.78 is 13.8. The lowest BCUT2D eigenvalue weighted by Crippen LogP contribution is -2.46. The number of halogens is 1. The van der Waals surface area contributed by atoms with Gasteiger partial charge in [0.25, 0.3) is 5.91 Å². The molecule has 2 aliphatic heterocycles. The first kappa shape index (κ1) is 14.3. The highest BCUT2D eigenvalue weighted by molar-refractivity contribution is 5.94. The van der Waals surface area contributed by atoms with Crippen molar-refractivity contribution in [2.45, 2.75) is 31.7 Å². The first-order chi connectivity index (χ1) is 10.1. The zero-order valence-electron chi connectivity index (χ0n) is 12.0. The Morgan fingerprint density at radius 3 is 2.90 bits per heavy atom. The van der Waals surface area contributed by atoms with Gasteiger partial charge < -0.3 is 15.3 Å². The second-order valence-corrected chi connectivity index (χ2v) is 6.02. The predicted octanol–water partition coefficient (Wildman–Crippen LogP) is 2.14. The molecule has 2 N–H and O–H groups in total. The number of rotatable bonds is 2. The van der Waals surface area contributed by atoms with Crippen molar-refractivity contribution in [2.24, 2.45) is 5.92 Å². The Bertz CT molecular complexity index is 529. The highest BCUT2D eigenvalue weighted by Crippen LogP contribution is 2.26. The van der Waals surface area contributed by atoms with E-state index in [1.54, 1.807) is 4.90 Å². The number of carbonyl (C=O) groups excluding carboxylic acids is 1. The Balaban J connectivity index is 1.71. The Labute approximate surface area is 124 Å². The third-order valence-corrected chi connectivity index (χ3v) is 4.60. The van der Waals surface area contributed by atoms with E-state index >= 15 is 0 Å². The van der Waals surface area contributed by atoms with Gasteiger partial charge in [0.1, 0.15) is 11.6 Å². The SMILES string of the molecule is O=C(c1ccc(O)cc1F)N1CCCC(C2CCCN2)C1. The number of phenolic OH excluding ortho intramolecular Hbond substituents is 1. The predicted molar refractivity (Wildman–Crippen MR) is 77.7 cm³/mol. The molecule has 21 heavy (non-hydrogen) atoms. The highest BCUT2D eigenvalue weighted by atomic mass is 19.1. The summed E-state index contributed by atoms with van der Waals surface area (Å²) >= 11 is 0. The number of nitrogens with one attached hydrogen (secondary N) is 1. The van der Waals surface area contributed by atoms with Crippen LogP contribution in [0.2, 0.25) is 0 Å². The fraction of sp³-hybridized carbons (Fsp3) is 0.562. The number of amides is 1. The van der Waals surface area contributed by atoms with E-state index in [2.05, 4.69) is 5.32 Å². The van der Waals surface area contributed by atoms with Gasteiger partial charge >= 0.3 is 0 Å². The third-order valence-electron chi connectivity index (χ3n) is 4.60. The minimum Gasteiger partial charge on any atom is -0.508 e. The number of phenols is 1. The molecule has 4 nitrogen and oxygen atoms in total. The number of aromatic hydroxyl groups is 1. The molecule has 2 saturated heterocycles. The van der Waals surface area contributed by atoms with Crippen LogP contribution in [0, 0.1) is 11.7 Å². The van der Waals surface area contributed by atoms with Crippen LogP contribution in [0.4, 0.5) is 4.39 Å². The molecule has 1 aromatic carbocycles. The van der Waals surface area contributed by atoms with E-state index in [1.165, 1.54) is 25.0 Å². The molecule has 0 spiro atoms. The van der Waals surface area contributed by atoms with Crippen molar-refractivity contribution in [3.05, 3.63) is 29.6 Å². The van der Waals surface area contributed by atoms with Crippen molar-refractivity contribution in [1.82, 2.24) is 10.2 Å². The van der Waals surface area contributed by atoms with Crippen molar-refractivity contribution in [2.75, 3.05) is 19.6 Å². The van der Waals surface area contributed by atoms with Crippen LogP contribution in [0.25, 0.3) is 0 Å². The van der Waals surface area contributed by atoms with Crippen molar-refractivity contribution >= 4 is 5.91 Å². The minimum atomic E-state index is -0.652. The molecule has 114 valence electrons. The maximum Gasteiger partial charge on any atom is 0.256 e. The summed E-state index contributed by atoms with van der Waals surface area (Å²) in [5, 5.41) is 12.7. The molecule has 0 radical (unpaired) electrons. The van der Waals surface area contributed by atoms with Crippen molar-refractivity contribution in [1.29, 1.82) is 0 Å². The summed E-state index contributed by atoms with van der Waals surface area (Å²) in [5.41, 5.74) is 0.0489. The van der Waals surface area contributed by atoms with Crippen LogP contribution in [0.1, 0.15) is 36.0 Å². The van der Waals surface area contributed by atoms with Gasteiger partial charge in [-0.2, -0.15) is 0 Å². The lowest BCUT2D eigenvalue weighted by atomic mass is 9.89. The summed E-state index contributed by atoms with van der Waals surface area (Å²) in [5.74, 6) is -0.614. The fourth-order valence-corrected chi connectivity index (χ4v) is 3.48. The van der Waals surface area contributed by atoms with E-state index in [4.69, 9.17) is 0 Å². The number of piperidine rings is 1. The number of benzene rings is 1. The average Bonchev–Trinajstić information content (AvgIpc) is 3.01. The molecule has 1 amide bonds. The number of likely N-dealkylation sites (tertiary alicyclic amines) is 1. The molecule has 2 fully saturated rings. The maximum atomic E-state index is 13.8. The van der Waals surface area contributed by atoms with Gasteiger partial charge in [0.15, 0.2) is 0 Å². The maximum absolute atomic E-state index is 13.8. The van der Waals surface area contributed by atoms with Crippen molar-refractivity contribution in [3.8, 4) is 5.75 Å². The molecule has 2 aliphatic rings. The topological polar surface area (TPSA) is 52.6 Å². The summed E-state index contributed by atoms with van der Waals surface area (Å²) in [7, 11) is 0. The largest absolute Gasteiger partial charge is 0.508 e. The van der Waals surface area contributed by atoms with E-state index in [9.17, 15) is 14.3 Å². The zero-order valence-corrected chi connectivity index (χ0v) is 12.0. The van der Waals surface area contributed by atoms with Gasteiger partial charge in [-0.3, -0.25) is 4.79 Å². The van der Waals surface area contributed by atoms with Gasteiger partial charge in [-0.1, -0.05) is 0 Å². The lowest BCUT2D eigenvalue weighted by Gasteiger charge is -2.36. The van der Waals surface area contributed by atoms with Crippen LogP contribution in [-0.2, 0) is 0 Å². The average molecular weight is 292 g/mol. The molecule has 3 rings (SSSR count). The van der Waals surface area contributed by atoms with Crippen molar-refractivity contribution < 1.29 is 14.3 Å². The second-order valence-electron chi connectivity index (χ2n) is 6.02. The normalized spacial score (nSPS) is 26.0. The summed E-state index contributed by atoms with van der Waals surface area (Å²) in [6.45, 7) is 2.43. The second kappa shape index (κ2) is 6.02. The van der Waals surface area contributed by atoms with E-state index in [0.717, 1.165) is 25.5 Å². The molecule has 5 heteroatoms. The quantitative estimate of drug-likeness (QED) is 0.878. The summed E-state index contributed by atoms with van der Waals surface area (Å²) in [6.07, 6.45) is 4.45. The Morgan fingerprint density at radius 2 is 2.19 bits per heavy atom. The zero-order chi connectivity index (χ0) is 14.8. The highest BCUT2D eigenvalue weighted by Gasteiger charge is 2.31. The molecule has 0 aliphatic carbocycles. The first-order valence-corrected chi connectivity index (χ1v) is 7.66. The van der Waals surface area contributed by atoms with E-state index in [1.807, 2.05) is 0 Å². The van der Waals surface area contributed by atoms with Crippen LogP contribution < -0.4 is 5.32 Å².